The molecule has 25 heavy (non-hydrogen) atoms. The first-order valence-corrected chi connectivity index (χ1v) is 8.83. The Balaban J connectivity index is 1.56. The molecule has 0 unspecified atom stereocenters. The number of benzene rings is 1. The number of ether oxygens (including phenoxy) is 2. The lowest BCUT2D eigenvalue weighted by atomic mass is 10.1. The van der Waals surface area contributed by atoms with Crippen LogP contribution in [0.4, 0.5) is 5.69 Å². The first-order valence-electron chi connectivity index (χ1n) is 8.83. The molecule has 1 fully saturated rings. The summed E-state index contributed by atoms with van der Waals surface area (Å²) in [7, 11) is 0. The third-order valence-corrected chi connectivity index (χ3v) is 4.49. The summed E-state index contributed by atoms with van der Waals surface area (Å²) in [6.07, 6.45) is 0.0403. The van der Waals surface area contributed by atoms with E-state index in [1.54, 1.807) is 6.07 Å². The molecule has 2 heterocycles. The lowest BCUT2D eigenvalue weighted by Crippen LogP contribution is -2.50. The minimum atomic E-state index is -0.531. The number of fused-ring (bicyclic) bond motifs is 1. The van der Waals surface area contributed by atoms with Gasteiger partial charge in [-0.3, -0.25) is 19.4 Å². The second-order valence-corrected chi connectivity index (χ2v) is 6.21. The van der Waals surface area contributed by atoms with Gasteiger partial charge < -0.3 is 14.8 Å². The largest absolute Gasteiger partial charge is 0.478 e. The molecule has 1 aromatic carbocycles. The van der Waals surface area contributed by atoms with Crippen LogP contribution in [0.2, 0.25) is 0 Å². The van der Waals surface area contributed by atoms with Crippen molar-refractivity contribution >= 4 is 17.5 Å². The molecule has 0 bridgehead atoms. The molecule has 7 nitrogen and oxygen atoms in total. The Morgan fingerprint density at radius 2 is 2.04 bits per heavy atom. The average Bonchev–Trinajstić information content (AvgIpc) is 2.64. The number of carbonyl (C=O) groups excluding carboxylic acids is 2. The summed E-state index contributed by atoms with van der Waals surface area (Å²) in [5.41, 5.74) is 0.653. The number of hydrogen-bond donors (Lipinski definition) is 1. The van der Waals surface area contributed by atoms with Gasteiger partial charge in [-0.25, -0.2) is 0 Å². The topological polar surface area (TPSA) is 71.1 Å². The Bertz CT molecular complexity index is 616. The molecule has 136 valence electrons. The van der Waals surface area contributed by atoms with Crippen molar-refractivity contribution in [1.29, 1.82) is 0 Å². The summed E-state index contributed by atoms with van der Waals surface area (Å²) < 4.78 is 11.0. The quantitative estimate of drug-likeness (QED) is 0.818. The van der Waals surface area contributed by atoms with Gasteiger partial charge in [0.05, 0.1) is 18.9 Å². The Morgan fingerprint density at radius 1 is 1.28 bits per heavy atom. The zero-order valence-corrected chi connectivity index (χ0v) is 14.6. The zero-order chi connectivity index (χ0) is 17.6. The van der Waals surface area contributed by atoms with E-state index >= 15 is 0 Å². The number of morpholine rings is 1. The SMILES string of the molecule is CC[C@@H]1Oc2ccccc2N(CC(=O)NCCN2CCOCC2)C1=O. The maximum Gasteiger partial charge on any atom is 0.268 e. The average molecular weight is 347 g/mol. The maximum absolute atomic E-state index is 12.6. The van der Waals surface area contributed by atoms with Crippen molar-refractivity contribution in [2.24, 2.45) is 0 Å². The fraction of sp³-hybridized carbons (Fsp3) is 0.556. The van der Waals surface area contributed by atoms with Crippen LogP contribution in [0.1, 0.15) is 13.3 Å². The Hall–Kier alpha value is -2.12. The van der Waals surface area contributed by atoms with Gasteiger partial charge in [0.1, 0.15) is 12.3 Å². The van der Waals surface area contributed by atoms with Gasteiger partial charge in [-0.2, -0.15) is 0 Å². The summed E-state index contributed by atoms with van der Waals surface area (Å²) in [6.45, 7) is 6.54. The molecule has 1 atom stereocenters. The van der Waals surface area contributed by atoms with E-state index in [1.807, 2.05) is 25.1 Å². The van der Waals surface area contributed by atoms with E-state index in [2.05, 4.69) is 10.2 Å². The van der Waals surface area contributed by atoms with Crippen LogP contribution in [0.15, 0.2) is 24.3 Å². The summed E-state index contributed by atoms with van der Waals surface area (Å²) in [5.74, 6) is 0.327. The van der Waals surface area contributed by atoms with Crippen LogP contribution in [0.25, 0.3) is 0 Å². The molecule has 0 radical (unpaired) electrons. The van der Waals surface area contributed by atoms with Crippen LogP contribution in [-0.4, -0.2) is 68.8 Å². The Kier molecular flexibility index (Phi) is 5.88. The highest BCUT2D eigenvalue weighted by Gasteiger charge is 2.34. The van der Waals surface area contributed by atoms with E-state index in [-0.39, 0.29) is 18.4 Å². The van der Waals surface area contributed by atoms with E-state index in [0.29, 0.717) is 24.4 Å². The van der Waals surface area contributed by atoms with Crippen molar-refractivity contribution in [1.82, 2.24) is 10.2 Å². The first kappa shape index (κ1) is 17.7. The predicted molar refractivity (Wildman–Crippen MR) is 93.8 cm³/mol. The highest BCUT2D eigenvalue weighted by atomic mass is 16.5. The standard InChI is InChI=1S/C18H25N3O4/c1-2-15-18(23)21(14-5-3-4-6-16(14)25-15)13-17(22)19-7-8-20-9-11-24-12-10-20/h3-6,15H,2,7-13H2,1H3,(H,19,22)/t15-/m0/s1. The monoisotopic (exact) mass is 347 g/mol. The number of hydrogen-bond acceptors (Lipinski definition) is 5. The zero-order valence-electron chi connectivity index (χ0n) is 14.6. The van der Waals surface area contributed by atoms with Crippen LogP contribution < -0.4 is 15.0 Å². The smallest absolute Gasteiger partial charge is 0.268 e. The van der Waals surface area contributed by atoms with Gasteiger partial charge in [0.2, 0.25) is 5.91 Å². The number of anilines is 1. The number of carbonyl (C=O) groups is 2. The van der Waals surface area contributed by atoms with Crippen molar-refractivity contribution in [3.8, 4) is 5.75 Å². The van der Waals surface area contributed by atoms with Gasteiger partial charge in [-0.15, -0.1) is 0 Å². The maximum atomic E-state index is 12.6. The van der Waals surface area contributed by atoms with Crippen LogP contribution in [-0.2, 0) is 14.3 Å². The second-order valence-electron chi connectivity index (χ2n) is 6.21. The van der Waals surface area contributed by atoms with Crippen molar-refractivity contribution in [2.75, 3.05) is 50.8 Å². The molecule has 0 spiro atoms. The molecule has 2 amide bonds. The molecule has 7 heteroatoms. The van der Waals surface area contributed by atoms with Crippen molar-refractivity contribution in [3.63, 3.8) is 0 Å². The molecule has 2 aliphatic heterocycles. The van der Waals surface area contributed by atoms with E-state index < -0.39 is 6.10 Å². The van der Waals surface area contributed by atoms with Crippen LogP contribution in [0.3, 0.4) is 0 Å². The lowest BCUT2D eigenvalue weighted by molar-refractivity contribution is -0.129. The molecule has 1 saturated heterocycles. The van der Waals surface area contributed by atoms with Gasteiger partial charge in [-0.1, -0.05) is 19.1 Å². The van der Waals surface area contributed by atoms with Crippen molar-refractivity contribution in [3.05, 3.63) is 24.3 Å². The Labute approximate surface area is 147 Å². The first-order chi connectivity index (χ1) is 12.2. The molecule has 0 aliphatic carbocycles. The Morgan fingerprint density at radius 3 is 2.80 bits per heavy atom. The molecular formula is C18H25N3O4. The molecule has 0 saturated carbocycles. The molecule has 0 aromatic heterocycles. The molecule has 2 aliphatic rings. The highest BCUT2D eigenvalue weighted by molar-refractivity contribution is 6.03. The molecular weight excluding hydrogens is 322 g/mol. The van der Waals surface area contributed by atoms with E-state index in [9.17, 15) is 9.59 Å². The fourth-order valence-corrected chi connectivity index (χ4v) is 3.07. The van der Waals surface area contributed by atoms with E-state index in [0.717, 1.165) is 32.8 Å². The van der Waals surface area contributed by atoms with Crippen LogP contribution >= 0.6 is 0 Å². The number of amides is 2. The van der Waals surface area contributed by atoms with Gasteiger partial charge in [0.25, 0.3) is 5.91 Å². The molecule has 1 N–H and O–H groups in total. The van der Waals surface area contributed by atoms with Gasteiger partial charge in [0.15, 0.2) is 6.10 Å². The summed E-state index contributed by atoms with van der Waals surface area (Å²) in [6, 6.07) is 7.33. The second kappa shape index (κ2) is 8.31. The minimum Gasteiger partial charge on any atom is -0.478 e. The molecule has 3 rings (SSSR count). The van der Waals surface area contributed by atoms with Crippen molar-refractivity contribution < 1.29 is 19.1 Å². The third-order valence-electron chi connectivity index (χ3n) is 4.49. The predicted octanol–water partition coefficient (Wildman–Crippen LogP) is 0.639. The number of nitrogens with one attached hydrogen (secondary N) is 1. The summed E-state index contributed by atoms with van der Waals surface area (Å²) in [5, 5.41) is 2.91. The van der Waals surface area contributed by atoms with Crippen molar-refractivity contribution in [2.45, 2.75) is 19.4 Å². The lowest BCUT2D eigenvalue weighted by Gasteiger charge is -2.33. The van der Waals surface area contributed by atoms with Gasteiger partial charge >= 0.3 is 0 Å². The van der Waals surface area contributed by atoms with Crippen LogP contribution in [0, 0.1) is 0 Å². The van der Waals surface area contributed by atoms with Gasteiger partial charge in [0, 0.05) is 26.2 Å². The normalized spacial score (nSPS) is 20.8. The third kappa shape index (κ3) is 4.29. The van der Waals surface area contributed by atoms with Gasteiger partial charge in [-0.05, 0) is 18.6 Å². The minimum absolute atomic E-state index is 0.0127. The fourth-order valence-electron chi connectivity index (χ4n) is 3.07. The number of nitrogens with zero attached hydrogens (tertiary/aromatic N) is 2. The van der Waals surface area contributed by atoms with E-state index in [1.165, 1.54) is 4.90 Å². The molecule has 1 aromatic rings. The number of rotatable bonds is 6. The van der Waals surface area contributed by atoms with E-state index in [4.69, 9.17) is 9.47 Å². The number of para-hydroxylation sites is 2. The van der Waals surface area contributed by atoms with Crippen LogP contribution in [0.5, 0.6) is 5.75 Å². The summed E-state index contributed by atoms with van der Waals surface area (Å²) >= 11 is 0. The highest BCUT2D eigenvalue weighted by Crippen LogP contribution is 2.34. The summed E-state index contributed by atoms with van der Waals surface area (Å²) in [4.78, 5) is 28.7.